The molecule has 2 aromatic heterocycles. The van der Waals surface area contributed by atoms with Crippen molar-refractivity contribution in [3.63, 3.8) is 0 Å². The van der Waals surface area contributed by atoms with Crippen LogP contribution in [0.2, 0.25) is 0 Å². The third-order valence-corrected chi connectivity index (χ3v) is 4.75. The van der Waals surface area contributed by atoms with Crippen LogP contribution in [0.4, 0.5) is 0 Å². The highest BCUT2D eigenvalue weighted by Gasteiger charge is 2.38. The summed E-state index contributed by atoms with van der Waals surface area (Å²) in [6.07, 6.45) is 5.56. The average Bonchev–Trinajstić information content (AvgIpc) is 2.87. The molecule has 0 saturated carbocycles. The van der Waals surface area contributed by atoms with Gasteiger partial charge in [0.05, 0.1) is 32.1 Å². The Hall–Kier alpha value is -1.37. The van der Waals surface area contributed by atoms with Gasteiger partial charge in [0.1, 0.15) is 0 Å². The predicted octanol–water partition coefficient (Wildman–Crippen LogP) is 1.43. The Morgan fingerprint density at radius 1 is 1.30 bits per heavy atom. The molecule has 0 bridgehead atoms. The molecule has 0 radical (unpaired) electrons. The van der Waals surface area contributed by atoms with E-state index in [9.17, 15) is 5.11 Å². The highest BCUT2D eigenvalue weighted by atomic mass is 32.2. The molecule has 1 fully saturated rings. The summed E-state index contributed by atoms with van der Waals surface area (Å²) in [6, 6.07) is 5.90. The van der Waals surface area contributed by atoms with E-state index in [0.29, 0.717) is 19.8 Å². The quantitative estimate of drug-likeness (QED) is 0.816. The summed E-state index contributed by atoms with van der Waals surface area (Å²) in [4.78, 5) is 8.71. The first-order chi connectivity index (χ1) is 9.81. The number of aromatic nitrogens is 3. The topological polar surface area (TPSA) is 60.2 Å². The maximum atomic E-state index is 9.44. The van der Waals surface area contributed by atoms with Crippen LogP contribution in [0.3, 0.4) is 0 Å². The van der Waals surface area contributed by atoms with Gasteiger partial charge in [-0.2, -0.15) is 0 Å². The van der Waals surface area contributed by atoms with Crippen LogP contribution in [0.25, 0.3) is 0 Å². The second-order valence-corrected chi connectivity index (χ2v) is 6.04. The first kappa shape index (κ1) is 13.6. The van der Waals surface area contributed by atoms with Gasteiger partial charge in [0.25, 0.3) is 0 Å². The van der Waals surface area contributed by atoms with E-state index in [1.165, 1.54) is 0 Å². The number of nitrogens with zero attached hydrogens (tertiary/aromatic N) is 3. The van der Waals surface area contributed by atoms with Gasteiger partial charge in [-0.1, -0.05) is 17.8 Å². The molecule has 0 unspecified atom stereocenters. The molecule has 0 spiro atoms. The average molecular weight is 291 g/mol. The number of hydrogen-bond donors (Lipinski definition) is 1. The van der Waals surface area contributed by atoms with Gasteiger partial charge in [-0.25, -0.2) is 4.98 Å². The van der Waals surface area contributed by atoms with E-state index in [1.807, 2.05) is 24.4 Å². The van der Waals surface area contributed by atoms with E-state index in [0.717, 1.165) is 16.6 Å². The van der Waals surface area contributed by atoms with Crippen LogP contribution in [-0.4, -0.2) is 45.2 Å². The smallest absolute Gasteiger partial charge is 0.168 e. The minimum absolute atomic E-state index is 0.0908. The van der Waals surface area contributed by atoms with E-state index >= 15 is 0 Å². The standard InChI is InChI=1S/C14H17N3O2S/c18-8-14(9-19-10-14)11-20-13-16-5-6-17(13)7-12-3-1-2-4-15-12/h1-6,18H,7-11H2. The van der Waals surface area contributed by atoms with Crippen molar-refractivity contribution in [1.82, 2.24) is 14.5 Å². The number of rotatable bonds is 6. The Bertz CT molecular complexity index is 549. The van der Waals surface area contributed by atoms with Crippen LogP contribution in [-0.2, 0) is 11.3 Å². The van der Waals surface area contributed by atoms with Crippen LogP contribution in [0.1, 0.15) is 5.69 Å². The van der Waals surface area contributed by atoms with E-state index in [-0.39, 0.29) is 12.0 Å². The maximum Gasteiger partial charge on any atom is 0.168 e. The lowest BCUT2D eigenvalue weighted by Crippen LogP contribution is -2.47. The molecule has 20 heavy (non-hydrogen) atoms. The highest BCUT2D eigenvalue weighted by molar-refractivity contribution is 7.99. The Kier molecular flexibility index (Phi) is 4.05. The van der Waals surface area contributed by atoms with Gasteiger partial charge < -0.3 is 14.4 Å². The van der Waals surface area contributed by atoms with Crippen molar-refractivity contribution in [2.75, 3.05) is 25.6 Å². The molecule has 1 N–H and O–H groups in total. The minimum Gasteiger partial charge on any atom is -0.396 e. The minimum atomic E-state index is -0.0908. The molecule has 0 aliphatic carbocycles. The molecule has 0 atom stereocenters. The van der Waals surface area contributed by atoms with Gasteiger partial charge in [0.15, 0.2) is 5.16 Å². The fraction of sp³-hybridized carbons (Fsp3) is 0.429. The molecule has 2 aromatic rings. The number of aliphatic hydroxyl groups excluding tert-OH is 1. The lowest BCUT2D eigenvalue weighted by atomic mass is 9.90. The normalized spacial score (nSPS) is 16.9. The molecule has 5 nitrogen and oxygen atoms in total. The third-order valence-electron chi connectivity index (χ3n) is 3.40. The van der Waals surface area contributed by atoms with E-state index in [2.05, 4.69) is 14.5 Å². The molecular weight excluding hydrogens is 274 g/mol. The number of aliphatic hydroxyl groups is 1. The molecule has 3 heterocycles. The summed E-state index contributed by atoms with van der Waals surface area (Å²) in [5, 5.41) is 10.4. The fourth-order valence-corrected chi connectivity index (χ4v) is 3.17. The fourth-order valence-electron chi connectivity index (χ4n) is 2.05. The van der Waals surface area contributed by atoms with E-state index in [4.69, 9.17) is 4.74 Å². The number of pyridine rings is 1. The Morgan fingerprint density at radius 2 is 2.20 bits per heavy atom. The second kappa shape index (κ2) is 5.95. The second-order valence-electron chi connectivity index (χ2n) is 5.10. The summed E-state index contributed by atoms with van der Waals surface area (Å²) in [7, 11) is 0. The lowest BCUT2D eigenvalue weighted by Gasteiger charge is -2.39. The zero-order valence-corrected chi connectivity index (χ0v) is 11.9. The summed E-state index contributed by atoms with van der Waals surface area (Å²) in [5.74, 6) is 0.822. The number of imidazole rings is 1. The van der Waals surface area contributed by atoms with Crippen molar-refractivity contribution >= 4 is 11.8 Å². The molecule has 1 aliphatic rings. The Balaban J connectivity index is 1.65. The number of ether oxygens (including phenoxy) is 1. The molecule has 1 saturated heterocycles. The summed E-state index contributed by atoms with van der Waals surface area (Å²) in [6.45, 7) is 2.15. The van der Waals surface area contributed by atoms with Gasteiger partial charge in [0, 0.05) is 29.8 Å². The van der Waals surface area contributed by atoms with Crippen molar-refractivity contribution in [2.24, 2.45) is 5.41 Å². The van der Waals surface area contributed by atoms with Crippen molar-refractivity contribution in [3.05, 3.63) is 42.5 Å². The summed E-state index contributed by atoms with van der Waals surface area (Å²) >= 11 is 1.66. The van der Waals surface area contributed by atoms with Gasteiger partial charge in [-0.05, 0) is 12.1 Å². The van der Waals surface area contributed by atoms with Crippen LogP contribution in [0.5, 0.6) is 0 Å². The van der Waals surface area contributed by atoms with E-state index < -0.39 is 0 Å². The number of thioether (sulfide) groups is 1. The van der Waals surface area contributed by atoms with Crippen LogP contribution >= 0.6 is 11.8 Å². The molecule has 0 aromatic carbocycles. The van der Waals surface area contributed by atoms with Crippen LogP contribution in [0, 0.1) is 5.41 Å². The predicted molar refractivity (Wildman–Crippen MR) is 76.6 cm³/mol. The maximum absolute atomic E-state index is 9.44. The summed E-state index contributed by atoms with van der Waals surface area (Å²) in [5.41, 5.74) is 0.920. The van der Waals surface area contributed by atoms with Gasteiger partial charge in [-0.15, -0.1) is 0 Å². The molecular formula is C14H17N3O2S. The third kappa shape index (κ3) is 2.87. The lowest BCUT2D eigenvalue weighted by molar-refractivity contribution is -0.121. The summed E-state index contributed by atoms with van der Waals surface area (Å²) < 4.78 is 7.30. The zero-order valence-electron chi connectivity index (χ0n) is 11.1. The van der Waals surface area contributed by atoms with E-state index in [1.54, 1.807) is 24.2 Å². The van der Waals surface area contributed by atoms with Crippen molar-refractivity contribution in [3.8, 4) is 0 Å². The van der Waals surface area contributed by atoms with Gasteiger partial charge in [0.2, 0.25) is 0 Å². The first-order valence-electron chi connectivity index (χ1n) is 6.54. The SMILES string of the molecule is OCC1(CSc2nccn2Cc2ccccn2)COC1. The molecule has 0 amide bonds. The van der Waals surface area contributed by atoms with Crippen molar-refractivity contribution in [1.29, 1.82) is 0 Å². The first-order valence-corrected chi connectivity index (χ1v) is 7.52. The van der Waals surface area contributed by atoms with Crippen molar-refractivity contribution < 1.29 is 9.84 Å². The Labute approximate surface area is 122 Å². The monoisotopic (exact) mass is 291 g/mol. The van der Waals surface area contributed by atoms with Crippen molar-refractivity contribution in [2.45, 2.75) is 11.7 Å². The molecule has 106 valence electrons. The largest absolute Gasteiger partial charge is 0.396 e. The van der Waals surface area contributed by atoms with Crippen LogP contribution in [0.15, 0.2) is 41.9 Å². The molecule has 6 heteroatoms. The molecule has 3 rings (SSSR count). The van der Waals surface area contributed by atoms with Gasteiger partial charge in [-0.3, -0.25) is 4.98 Å². The number of hydrogen-bond acceptors (Lipinski definition) is 5. The van der Waals surface area contributed by atoms with Gasteiger partial charge >= 0.3 is 0 Å². The molecule has 1 aliphatic heterocycles. The Morgan fingerprint density at radius 3 is 2.85 bits per heavy atom. The highest BCUT2D eigenvalue weighted by Crippen LogP contribution is 2.33. The van der Waals surface area contributed by atoms with Crippen LogP contribution < -0.4 is 0 Å². The zero-order chi connectivity index (χ0) is 13.8.